The second-order valence-electron chi connectivity index (χ2n) is 3.37. The normalized spacial score (nSPS) is 10.0. The van der Waals surface area contributed by atoms with E-state index in [9.17, 15) is 0 Å². The van der Waals surface area contributed by atoms with Gasteiger partial charge in [0.2, 0.25) is 11.8 Å². The number of nitrogens with zero attached hydrogens (tertiary/aromatic N) is 2. The lowest BCUT2D eigenvalue weighted by molar-refractivity contribution is 0.397. The molecule has 0 unspecified atom stereocenters. The van der Waals surface area contributed by atoms with Crippen molar-refractivity contribution < 1.29 is 4.74 Å². The third kappa shape index (κ3) is 3.07. The quantitative estimate of drug-likeness (QED) is 0.905. The molecule has 1 N–H and O–H groups in total. The van der Waals surface area contributed by atoms with Gasteiger partial charge in [0.25, 0.3) is 0 Å². The van der Waals surface area contributed by atoms with Crippen LogP contribution in [0.4, 0.5) is 5.95 Å². The van der Waals surface area contributed by atoms with E-state index in [1.807, 2.05) is 24.3 Å². The molecular formula is C12H12ClN3O. The lowest BCUT2D eigenvalue weighted by atomic mass is 10.2. The number of benzene rings is 1. The van der Waals surface area contributed by atoms with E-state index in [1.54, 1.807) is 19.4 Å². The van der Waals surface area contributed by atoms with E-state index in [0.29, 0.717) is 18.4 Å². The molecular weight excluding hydrogens is 238 g/mol. The highest BCUT2D eigenvalue weighted by molar-refractivity contribution is 6.31. The van der Waals surface area contributed by atoms with Crippen LogP contribution in [0.2, 0.25) is 5.02 Å². The van der Waals surface area contributed by atoms with E-state index in [0.717, 1.165) is 10.6 Å². The van der Waals surface area contributed by atoms with Gasteiger partial charge in [0.1, 0.15) is 0 Å². The van der Waals surface area contributed by atoms with E-state index in [4.69, 9.17) is 16.3 Å². The standard InChI is InChI=1S/C12H12ClN3O/c1-17-11-6-7-14-12(16-11)15-8-9-4-2-3-5-10(9)13/h2-7H,8H2,1H3,(H,14,15,16). The van der Waals surface area contributed by atoms with E-state index < -0.39 is 0 Å². The van der Waals surface area contributed by atoms with Crippen LogP contribution in [0.3, 0.4) is 0 Å². The van der Waals surface area contributed by atoms with Gasteiger partial charge in [0, 0.05) is 23.8 Å². The summed E-state index contributed by atoms with van der Waals surface area (Å²) in [6, 6.07) is 9.34. The van der Waals surface area contributed by atoms with Crippen LogP contribution in [-0.2, 0) is 6.54 Å². The molecule has 1 aromatic heterocycles. The van der Waals surface area contributed by atoms with Crippen molar-refractivity contribution in [3.63, 3.8) is 0 Å². The number of anilines is 1. The Morgan fingerprint density at radius 1 is 1.29 bits per heavy atom. The van der Waals surface area contributed by atoms with Crippen molar-refractivity contribution in [2.24, 2.45) is 0 Å². The summed E-state index contributed by atoms with van der Waals surface area (Å²) in [6.07, 6.45) is 1.64. The molecule has 17 heavy (non-hydrogen) atoms. The zero-order valence-corrected chi connectivity index (χ0v) is 10.1. The topological polar surface area (TPSA) is 47.0 Å². The second kappa shape index (κ2) is 5.50. The van der Waals surface area contributed by atoms with Gasteiger partial charge in [-0.3, -0.25) is 0 Å². The molecule has 0 aliphatic heterocycles. The first-order valence-corrected chi connectivity index (χ1v) is 5.51. The molecule has 1 aromatic carbocycles. The predicted octanol–water partition coefficient (Wildman–Crippen LogP) is 2.75. The van der Waals surface area contributed by atoms with Crippen LogP contribution in [0.5, 0.6) is 5.88 Å². The average Bonchev–Trinajstić information content (AvgIpc) is 2.38. The monoisotopic (exact) mass is 249 g/mol. The minimum absolute atomic E-state index is 0.518. The van der Waals surface area contributed by atoms with E-state index in [2.05, 4.69) is 15.3 Å². The van der Waals surface area contributed by atoms with Gasteiger partial charge in [-0.25, -0.2) is 4.98 Å². The Hall–Kier alpha value is -1.81. The van der Waals surface area contributed by atoms with Crippen LogP contribution in [-0.4, -0.2) is 17.1 Å². The van der Waals surface area contributed by atoms with Crippen molar-refractivity contribution in [1.29, 1.82) is 0 Å². The SMILES string of the molecule is COc1ccnc(NCc2ccccc2Cl)n1. The fourth-order valence-electron chi connectivity index (χ4n) is 1.36. The maximum Gasteiger partial charge on any atom is 0.226 e. The summed E-state index contributed by atoms with van der Waals surface area (Å²) in [4.78, 5) is 8.24. The number of ether oxygens (including phenoxy) is 1. The van der Waals surface area contributed by atoms with Crippen LogP contribution >= 0.6 is 11.6 Å². The van der Waals surface area contributed by atoms with Gasteiger partial charge >= 0.3 is 0 Å². The number of rotatable bonds is 4. The van der Waals surface area contributed by atoms with Crippen molar-refractivity contribution >= 4 is 17.5 Å². The van der Waals surface area contributed by atoms with Crippen molar-refractivity contribution in [2.75, 3.05) is 12.4 Å². The minimum atomic E-state index is 0.518. The highest BCUT2D eigenvalue weighted by atomic mass is 35.5. The zero-order valence-electron chi connectivity index (χ0n) is 9.35. The van der Waals surface area contributed by atoms with E-state index in [1.165, 1.54) is 0 Å². The second-order valence-corrected chi connectivity index (χ2v) is 3.77. The molecule has 5 heteroatoms. The molecule has 0 saturated heterocycles. The summed E-state index contributed by atoms with van der Waals surface area (Å²) in [5.41, 5.74) is 1.00. The van der Waals surface area contributed by atoms with Gasteiger partial charge in [0.05, 0.1) is 7.11 Å². The van der Waals surface area contributed by atoms with Gasteiger partial charge in [-0.2, -0.15) is 4.98 Å². The van der Waals surface area contributed by atoms with Gasteiger partial charge in [-0.15, -0.1) is 0 Å². The summed E-state index contributed by atoms with van der Waals surface area (Å²) < 4.78 is 5.01. The summed E-state index contributed by atoms with van der Waals surface area (Å²) in [5, 5.41) is 3.81. The predicted molar refractivity (Wildman–Crippen MR) is 67.4 cm³/mol. The van der Waals surface area contributed by atoms with Crippen LogP contribution < -0.4 is 10.1 Å². The molecule has 2 aromatic rings. The molecule has 2 rings (SSSR count). The van der Waals surface area contributed by atoms with E-state index in [-0.39, 0.29) is 0 Å². The molecule has 0 bridgehead atoms. The number of hydrogen-bond acceptors (Lipinski definition) is 4. The first-order valence-electron chi connectivity index (χ1n) is 5.14. The number of hydrogen-bond donors (Lipinski definition) is 1. The molecule has 0 radical (unpaired) electrons. The van der Waals surface area contributed by atoms with Crippen LogP contribution in [0.1, 0.15) is 5.56 Å². The van der Waals surface area contributed by atoms with E-state index >= 15 is 0 Å². The Balaban J connectivity index is 2.05. The molecule has 0 aliphatic carbocycles. The molecule has 0 saturated carbocycles. The third-order valence-electron chi connectivity index (χ3n) is 2.23. The lowest BCUT2D eigenvalue weighted by Crippen LogP contribution is -2.04. The molecule has 4 nitrogen and oxygen atoms in total. The molecule has 88 valence electrons. The van der Waals surface area contributed by atoms with Gasteiger partial charge in [0.15, 0.2) is 0 Å². The summed E-state index contributed by atoms with van der Waals surface area (Å²) in [6.45, 7) is 0.576. The van der Waals surface area contributed by atoms with Crippen molar-refractivity contribution in [2.45, 2.75) is 6.54 Å². The zero-order chi connectivity index (χ0) is 12.1. The first-order chi connectivity index (χ1) is 8.29. The Bertz CT molecular complexity index is 505. The summed E-state index contributed by atoms with van der Waals surface area (Å²) in [5.74, 6) is 1.05. The smallest absolute Gasteiger partial charge is 0.226 e. The van der Waals surface area contributed by atoms with Crippen molar-refractivity contribution in [3.05, 3.63) is 47.1 Å². The van der Waals surface area contributed by atoms with Crippen molar-refractivity contribution in [3.8, 4) is 5.88 Å². The van der Waals surface area contributed by atoms with Gasteiger partial charge < -0.3 is 10.1 Å². The fraction of sp³-hybridized carbons (Fsp3) is 0.167. The Morgan fingerprint density at radius 3 is 2.88 bits per heavy atom. The maximum atomic E-state index is 6.04. The molecule has 0 aliphatic rings. The molecule has 0 atom stereocenters. The molecule has 1 heterocycles. The van der Waals surface area contributed by atoms with Crippen LogP contribution in [0, 0.1) is 0 Å². The number of nitrogens with one attached hydrogen (secondary N) is 1. The largest absolute Gasteiger partial charge is 0.481 e. The van der Waals surface area contributed by atoms with Gasteiger partial charge in [-0.1, -0.05) is 29.8 Å². The molecule has 0 fully saturated rings. The lowest BCUT2D eigenvalue weighted by Gasteiger charge is -2.07. The number of halogens is 1. The number of aromatic nitrogens is 2. The third-order valence-corrected chi connectivity index (χ3v) is 2.60. The molecule has 0 spiro atoms. The molecule has 0 amide bonds. The Labute approximate surface area is 105 Å². The first kappa shape index (κ1) is 11.7. The van der Waals surface area contributed by atoms with Crippen LogP contribution in [0.25, 0.3) is 0 Å². The average molecular weight is 250 g/mol. The minimum Gasteiger partial charge on any atom is -0.481 e. The summed E-state index contributed by atoms with van der Waals surface area (Å²) in [7, 11) is 1.57. The van der Waals surface area contributed by atoms with Gasteiger partial charge in [-0.05, 0) is 11.6 Å². The highest BCUT2D eigenvalue weighted by Gasteiger charge is 2.01. The fourth-order valence-corrected chi connectivity index (χ4v) is 1.56. The van der Waals surface area contributed by atoms with Crippen LogP contribution in [0.15, 0.2) is 36.5 Å². The highest BCUT2D eigenvalue weighted by Crippen LogP contribution is 2.16. The maximum absolute atomic E-state index is 6.04. The number of methoxy groups -OCH3 is 1. The Kier molecular flexibility index (Phi) is 3.77. The van der Waals surface area contributed by atoms with Crippen molar-refractivity contribution in [1.82, 2.24) is 9.97 Å². The summed E-state index contributed by atoms with van der Waals surface area (Å²) >= 11 is 6.04. The Morgan fingerprint density at radius 2 is 2.12 bits per heavy atom.